The Labute approximate surface area is 76.2 Å². The molecule has 2 rings (SSSR count). The van der Waals surface area contributed by atoms with Crippen LogP contribution in [0.15, 0.2) is 35.7 Å². The van der Waals surface area contributed by atoms with Crippen molar-refractivity contribution in [2.24, 2.45) is 0 Å². The summed E-state index contributed by atoms with van der Waals surface area (Å²) in [5, 5.41) is 4.90. The maximum atomic E-state index is 2.20. The van der Waals surface area contributed by atoms with E-state index in [9.17, 15) is 0 Å². The monoisotopic (exact) mass is 174 g/mol. The molecule has 1 heteroatoms. The van der Waals surface area contributed by atoms with E-state index in [2.05, 4.69) is 48.7 Å². The van der Waals surface area contributed by atoms with Gasteiger partial charge in [-0.05, 0) is 29.2 Å². The van der Waals surface area contributed by atoms with Gasteiger partial charge in [-0.2, -0.15) is 0 Å². The number of fused-ring (bicyclic) bond motifs is 1. The van der Waals surface area contributed by atoms with Crippen LogP contribution >= 0.6 is 11.3 Å². The van der Waals surface area contributed by atoms with Gasteiger partial charge in [-0.1, -0.05) is 30.3 Å². The minimum Gasteiger partial charge on any atom is -0.143 e. The van der Waals surface area contributed by atoms with Gasteiger partial charge in [-0.15, -0.1) is 11.3 Å². The van der Waals surface area contributed by atoms with Gasteiger partial charge in [0.25, 0.3) is 0 Å². The van der Waals surface area contributed by atoms with Gasteiger partial charge < -0.3 is 0 Å². The highest BCUT2D eigenvalue weighted by Crippen LogP contribution is 2.26. The van der Waals surface area contributed by atoms with Crippen molar-refractivity contribution in [2.75, 3.05) is 0 Å². The fraction of sp³-hybridized carbons (Fsp3) is 0.0909. The smallest absolute Gasteiger partial charge is 0.0345 e. The topological polar surface area (TPSA) is 0 Å². The van der Waals surface area contributed by atoms with Gasteiger partial charge >= 0.3 is 0 Å². The lowest BCUT2D eigenvalue weighted by Crippen LogP contribution is -1.64. The summed E-state index contributed by atoms with van der Waals surface area (Å²) in [4.78, 5) is 1.35. The second-order valence-electron chi connectivity index (χ2n) is 2.69. The SMILES string of the molecule is C/C=C/c1scc2ccccc12. The Morgan fingerprint density at radius 2 is 2.08 bits per heavy atom. The third kappa shape index (κ3) is 1.16. The molecule has 1 aromatic carbocycles. The highest BCUT2D eigenvalue weighted by atomic mass is 32.1. The first-order valence-electron chi connectivity index (χ1n) is 4.01. The number of rotatable bonds is 1. The molecule has 1 aromatic heterocycles. The van der Waals surface area contributed by atoms with Crippen molar-refractivity contribution in [3.05, 3.63) is 40.6 Å². The maximum absolute atomic E-state index is 2.20. The van der Waals surface area contributed by atoms with Gasteiger partial charge in [0.1, 0.15) is 0 Å². The summed E-state index contributed by atoms with van der Waals surface area (Å²) in [7, 11) is 0. The fourth-order valence-electron chi connectivity index (χ4n) is 1.30. The van der Waals surface area contributed by atoms with Gasteiger partial charge in [0, 0.05) is 4.88 Å². The van der Waals surface area contributed by atoms with E-state index in [1.807, 2.05) is 0 Å². The van der Waals surface area contributed by atoms with Crippen LogP contribution in [0.1, 0.15) is 11.8 Å². The summed E-state index contributed by atoms with van der Waals surface area (Å²) in [6.07, 6.45) is 4.24. The lowest BCUT2D eigenvalue weighted by molar-refractivity contribution is 1.79. The Kier molecular flexibility index (Phi) is 1.96. The quantitative estimate of drug-likeness (QED) is 0.614. The molecule has 0 saturated carbocycles. The zero-order valence-electron chi connectivity index (χ0n) is 6.95. The molecule has 2 aromatic rings. The Balaban J connectivity index is 2.70. The summed E-state index contributed by atoms with van der Waals surface area (Å²) in [5.41, 5.74) is 0. The number of hydrogen-bond donors (Lipinski definition) is 0. The standard InChI is InChI=1S/C11H10S/c1-2-5-11-10-7-4-3-6-9(10)8-12-11/h2-8H,1H3/b5-2+. The minimum absolute atomic E-state index is 1.34. The molecule has 0 radical (unpaired) electrons. The molecular formula is C11H10S. The van der Waals surface area contributed by atoms with Crippen molar-refractivity contribution in [1.82, 2.24) is 0 Å². The molecule has 0 atom stereocenters. The van der Waals surface area contributed by atoms with Crippen LogP contribution in [-0.2, 0) is 0 Å². The molecule has 60 valence electrons. The number of benzene rings is 1. The lowest BCUT2D eigenvalue weighted by atomic mass is 10.2. The molecule has 0 fully saturated rings. The van der Waals surface area contributed by atoms with Gasteiger partial charge in [0.05, 0.1) is 0 Å². The van der Waals surface area contributed by atoms with E-state index in [1.54, 1.807) is 11.3 Å². The largest absolute Gasteiger partial charge is 0.143 e. The Morgan fingerprint density at radius 1 is 1.25 bits per heavy atom. The van der Waals surface area contributed by atoms with E-state index >= 15 is 0 Å². The van der Waals surface area contributed by atoms with E-state index in [4.69, 9.17) is 0 Å². The van der Waals surface area contributed by atoms with E-state index in [0.717, 1.165) is 0 Å². The van der Waals surface area contributed by atoms with E-state index in [-0.39, 0.29) is 0 Å². The molecule has 0 aliphatic carbocycles. The fourth-order valence-corrected chi connectivity index (χ4v) is 2.28. The molecule has 0 nitrogen and oxygen atoms in total. The van der Waals surface area contributed by atoms with Crippen molar-refractivity contribution >= 4 is 28.2 Å². The zero-order chi connectivity index (χ0) is 8.39. The third-order valence-corrected chi connectivity index (χ3v) is 2.84. The van der Waals surface area contributed by atoms with E-state index in [1.165, 1.54) is 15.6 Å². The van der Waals surface area contributed by atoms with Crippen LogP contribution in [0.3, 0.4) is 0 Å². The summed E-state index contributed by atoms with van der Waals surface area (Å²) in [6.45, 7) is 2.05. The average Bonchev–Trinajstić information content (AvgIpc) is 2.50. The molecule has 0 saturated heterocycles. The lowest BCUT2D eigenvalue weighted by Gasteiger charge is -1.89. The number of hydrogen-bond acceptors (Lipinski definition) is 1. The summed E-state index contributed by atoms with van der Waals surface area (Å²) < 4.78 is 0. The Hall–Kier alpha value is -1.08. The molecule has 0 aliphatic heterocycles. The number of allylic oxidation sites excluding steroid dienone is 1. The van der Waals surface area contributed by atoms with Crippen LogP contribution in [0.25, 0.3) is 16.8 Å². The molecule has 0 amide bonds. The van der Waals surface area contributed by atoms with Crippen LogP contribution in [0.5, 0.6) is 0 Å². The molecule has 0 spiro atoms. The molecule has 0 unspecified atom stereocenters. The summed E-state index contributed by atoms with van der Waals surface area (Å²) in [6, 6.07) is 8.48. The summed E-state index contributed by atoms with van der Waals surface area (Å²) in [5.74, 6) is 0. The number of thiophene rings is 1. The van der Waals surface area contributed by atoms with Crippen molar-refractivity contribution in [3.63, 3.8) is 0 Å². The average molecular weight is 174 g/mol. The maximum Gasteiger partial charge on any atom is 0.0345 e. The molecule has 0 N–H and O–H groups in total. The van der Waals surface area contributed by atoms with Gasteiger partial charge in [0.2, 0.25) is 0 Å². The van der Waals surface area contributed by atoms with Crippen molar-refractivity contribution in [3.8, 4) is 0 Å². The third-order valence-electron chi connectivity index (χ3n) is 1.86. The van der Waals surface area contributed by atoms with Crippen molar-refractivity contribution in [1.29, 1.82) is 0 Å². The Bertz CT molecular complexity index is 410. The van der Waals surface area contributed by atoms with E-state index in [0.29, 0.717) is 0 Å². The van der Waals surface area contributed by atoms with Gasteiger partial charge in [0.15, 0.2) is 0 Å². The second-order valence-corrected chi connectivity index (χ2v) is 3.60. The normalized spacial score (nSPS) is 11.4. The predicted molar refractivity (Wildman–Crippen MR) is 56.5 cm³/mol. The highest BCUT2D eigenvalue weighted by Gasteiger charge is 1.97. The Morgan fingerprint density at radius 3 is 2.92 bits per heavy atom. The predicted octanol–water partition coefficient (Wildman–Crippen LogP) is 3.93. The van der Waals surface area contributed by atoms with Gasteiger partial charge in [-0.3, -0.25) is 0 Å². The van der Waals surface area contributed by atoms with E-state index < -0.39 is 0 Å². The van der Waals surface area contributed by atoms with Crippen LogP contribution in [0.4, 0.5) is 0 Å². The first kappa shape index (κ1) is 7.56. The first-order valence-corrected chi connectivity index (χ1v) is 4.88. The van der Waals surface area contributed by atoms with Crippen LogP contribution < -0.4 is 0 Å². The molecule has 12 heavy (non-hydrogen) atoms. The molecule has 0 aliphatic rings. The molecular weight excluding hydrogens is 164 g/mol. The van der Waals surface area contributed by atoms with Gasteiger partial charge in [-0.25, -0.2) is 0 Å². The van der Waals surface area contributed by atoms with Crippen molar-refractivity contribution in [2.45, 2.75) is 6.92 Å². The summed E-state index contributed by atoms with van der Waals surface area (Å²) >= 11 is 1.80. The zero-order valence-corrected chi connectivity index (χ0v) is 7.77. The van der Waals surface area contributed by atoms with Crippen LogP contribution in [0, 0.1) is 0 Å². The van der Waals surface area contributed by atoms with Crippen LogP contribution in [-0.4, -0.2) is 0 Å². The first-order chi connectivity index (χ1) is 5.92. The highest BCUT2D eigenvalue weighted by molar-refractivity contribution is 7.12. The van der Waals surface area contributed by atoms with Crippen LogP contribution in [0.2, 0.25) is 0 Å². The minimum atomic E-state index is 1.34. The second kappa shape index (κ2) is 3.11. The molecule has 1 heterocycles. The molecule has 0 bridgehead atoms. The van der Waals surface area contributed by atoms with Crippen molar-refractivity contribution < 1.29 is 0 Å².